The molecule has 0 aliphatic carbocycles. The number of carbonyl (C=O) groups excluding carboxylic acids is 5. The molecule has 13 nitrogen and oxygen atoms in total. The Bertz CT molecular complexity index is 2070. The van der Waals surface area contributed by atoms with E-state index >= 15 is 0 Å². The van der Waals surface area contributed by atoms with Gasteiger partial charge in [0.05, 0.1) is 25.0 Å². The molecule has 0 saturated heterocycles. The number of nitrogens with one attached hydrogen (secondary N) is 4. The maximum atomic E-state index is 14.5. The van der Waals surface area contributed by atoms with Crippen LogP contribution in [-0.4, -0.2) is 67.2 Å². The molecule has 4 aromatic rings. The summed E-state index contributed by atoms with van der Waals surface area (Å²) in [5, 5.41) is 13.2. The van der Waals surface area contributed by atoms with Crippen LogP contribution in [-0.2, 0) is 22.4 Å². The fraction of sp³-hybridized carbons (Fsp3) is 0.350. The Balaban J connectivity index is 1.60. The van der Waals surface area contributed by atoms with Crippen LogP contribution in [0.5, 0.6) is 5.75 Å². The van der Waals surface area contributed by atoms with Crippen molar-refractivity contribution in [1.82, 2.24) is 20.9 Å². The SMILES string of the molecule is CCCNC(=O)c1ccc(-c2cc3c(cc2C(=O)Nc2ccc(CNC(=O)OC(C)(C)C)cc2C(=O)NCCC)-c2sccc2CCO3)c(C(=O)OC)n1. The molecule has 4 amide bonds. The van der Waals surface area contributed by atoms with Crippen LogP contribution < -0.4 is 26.0 Å². The van der Waals surface area contributed by atoms with E-state index in [1.54, 1.807) is 57.2 Å². The fourth-order valence-corrected chi connectivity index (χ4v) is 6.70. The highest BCUT2D eigenvalue weighted by atomic mass is 32.1. The molecule has 4 N–H and O–H groups in total. The molecule has 14 heteroatoms. The molecule has 54 heavy (non-hydrogen) atoms. The Morgan fingerprint density at radius 1 is 0.833 bits per heavy atom. The summed E-state index contributed by atoms with van der Waals surface area (Å²) in [4.78, 5) is 71.8. The number of amides is 4. The fourth-order valence-electron chi connectivity index (χ4n) is 5.72. The standard InChI is InChI=1S/C40H45N5O8S/c1-7-15-41-35(46)28-19-23(22-43-39(50)53-40(3,4)5)9-11-30(28)45-36(47)27-20-29-32(52-17-13-24-14-18-54-34(24)29)21-26(27)25-10-12-31(37(48)42-16-8-2)44-33(25)38(49)51-6/h9-12,14,18-21H,7-8,13,15-17,22H2,1-6H3,(H,41,46)(H,42,48)(H,43,50)(H,45,47). The van der Waals surface area contributed by atoms with Crippen molar-refractivity contribution in [1.29, 1.82) is 0 Å². The Hall–Kier alpha value is -5.76. The molecule has 0 bridgehead atoms. The van der Waals surface area contributed by atoms with Gasteiger partial charge in [-0.05, 0) is 92.6 Å². The van der Waals surface area contributed by atoms with Crippen LogP contribution in [0.4, 0.5) is 10.5 Å². The van der Waals surface area contributed by atoms with Gasteiger partial charge in [-0.1, -0.05) is 19.9 Å². The lowest BCUT2D eigenvalue weighted by molar-refractivity contribution is 0.0521. The second-order valence-corrected chi connectivity index (χ2v) is 14.5. The first-order chi connectivity index (χ1) is 25.8. The lowest BCUT2D eigenvalue weighted by atomic mass is 9.93. The summed E-state index contributed by atoms with van der Waals surface area (Å²) >= 11 is 1.52. The summed E-state index contributed by atoms with van der Waals surface area (Å²) in [5.41, 5.74) is 2.63. The zero-order valence-corrected chi connectivity index (χ0v) is 32.1. The first kappa shape index (κ1) is 39.4. The van der Waals surface area contributed by atoms with Gasteiger partial charge in [0.2, 0.25) is 0 Å². The average Bonchev–Trinajstić information content (AvgIpc) is 3.55. The number of fused-ring (bicyclic) bond motifs is 3. The van der Waals surface area contributed by atoms with Gasteiger partial charge in [0.1, 0.15) is 17.0 Å². The van der Waals surface area contributed by atoms with Gasteiger partial charge in [0.15, 0.2) is 5.69 Å². The third kappa shape index (κ3) is 9.42. The quantitative estimate of drug-likeness (QED) is 0.114. The van der Waals surface area contributed by atoms with E-state index in [0.29, 0.717) is 61.4 Å². The highest BCUT2D eigenvalue weighted by molar-refractivity contribution is 7.13. The first-order valence-electron chi connectivity index (χ1n) is 17.8. The Labute approximate surface area is 318 Å². The maximum absolute atomic E-state index is 14.5. The lowest BCUT2D eigenvalue weighted by Gasteiger charge is -2.20. The number of rotatable bonds is 12. The minimum Gasteiger partial charge on any atom is -0.493 e. The van der Waals surface area contributed by atoms with Crippen molar-refractivity contribution in [3.63, 3.8) is 0 Å². The number of thiophene rings is 1. The summed E-state index contributed by atoms with van der Waals surface area (Å²) in [6.07, 6.45) is 1.45. The number of esters is 1. The van der Waals surface area contributed by atoms with Crippen molar-refractivity contribution in [2.24, 2.45) is 0 Å². The van der Waals surface area contributed by atoms with E-state index in [1.807, 2.05) is 25.3 Å². The number of benzene rings is 2. The van der Waals surface area contributed by atoms with Gasteiger partial charge in [-0.3, -0.25) is 14.4 Å². The summed E-state index contributed by atoms with van der Waals surface area (Å²) in [5.74, 6) is -1.76. The molecule has 0 radical (unpaired) electrons. The summed E-state index contributed by atoms with van der Waals surface area (Å²) < 4.78 is 16.6. The van der Waals surface area contributed by atoms with Crippen LogP contribution in [0.1, 0.15) is 100 Å². The molecule has 3 heterocycles. The smallest absolute Gasteiger partial charge is 0.407 e. The van der Waals surface area contributed by atoms with Crippen molar-refractivity contribution < 1.29 is 38.2 Å². The van der Waals surface area contributed by atoms with Crippen LogP contribution >= 0.6 is 11.3 Å². The van der Waals surface area contributed by atoms with E-state index in [4.69, 9.17) is 14.2 Å². The molecule has 0 unspecified atom stereocenters. The predicted molar refractivity (Wildman–Crippen MR) is 206 cm³/mol. The third-order valence-electron chi connectivity index (χ3n) is 8.27. The van der Waals surface area contributed by atoms with Crippen LogP contribution in [0.3, 0.4) is 0 Å². The maximum Gasteiger partial charge on any atom is 0.407 e. The minimum absolute atomic E-state index is 0.0109. The Morgan fingerprint density at radius 3 is 2.28 bits per heavy atom. The number of hydrogen-bond acceptors (Lipinski definition) is 10. The normalized spacial score (nSPS) is 11.9. The molecule has 1 aliphatic rings. The number of pyridine rings is 1. The average molecular weight is 756 g/mol. The van der Waals surface area contributed by atoms with E-state index in [9.17, 15) is 24.0 Å². The molecule has 0 atom stereocenters. The molecule has 0 spiro atoms. The molecular formula is C40H45N5O8S. The van der Waals surface area contributed by atoms with E-state index in [-0.39, 0.29) is 40.3 Å². The second kappa shape index (κ2) is 17.4. The molecule has 1 aliphatic heterocycles. The summed E-state index contributed by atoms with van der Waals surface area (Å²) in [6.45, 7) is 10.4. The van der Waals surface area contributed by atoms with E-state index in [1.165, 1.54) is 24.5 Å². The van der Waals surface area contributed by atoms with Gasteiger partial charge >= 0.3 is 12.1 Å². The zero-order chi connectivity index (χ0) is 39.0. The number of aromatic nitrogens is 1. The summed E-state index contributed by atoms with van der Waals surface area (Å²) in [7, 11) is 1.21. The van der Waals surface area contributed by atoms with Gasteiger partial charge in [-0.2, -0.15) is 0 Å². The van der Waals surface area contributed by atoms with Gasteiger partial charge < -0.3 is 35.5 Å². The van der Waals surface area contributed by atoms with Crippen LogP contribution in [0.2, 0.25) is 0 Å². The number of ether oxygens (including phenoxy) is 3. The molecule has 5 rings (SSSR count). The van der Waals surface area contributed by atoms with E-state index in [0.717, 1.165) is 10.4 Å². The van der Waals surface area contributed by atoms with E-state index < -0.39 is 35.4 Å². The molecular weight excluding hydrogens is 711 g/mol. The highest BCUT2D eigenvalue weighted by Crippen LogP contribution is 2.43. The number of hydrogen-bond donors (Lipinski definition) is 4. The van der Waals surface area contributed by atoms with Crippen LogP contribution in [0, 0.1) is 0 Å². The van der Waals surface area contributed by atoms with Gasteiger partial charge in [-0.25, -0.2) is 14.6 Å². The van der Waals surface area contributed by atoms with Crippen LogP contribution in [0.25, 0.3) is 21.6 Å². The molecule has 2 aromatic heterocycles. The zero-order valence-electron chi connectivity index (χ0n) is 31.3. The van der Waals surface area contributed by atoms with Crippen molar-refractivity contribution in [2.45, 2.75) is 66.0 Å². The highest BCUT2D eigenvalue weighted by Gasteiger charge is 2.28. The monoisotopic (exact) mass is 755 g/mol. The number of nitrogens with zero attached hydrogens (tertiary/aromatic N) is 1. The number of anilines is 1. The third-order valence-corrected chi connectivity index (χ3v) is 9.26. The topological polar surface area (TPSA) is 174 Å². The molecule has 0 saturated carbocycles. The van der Waals surface area contributed by atoms with Crippen LogP contribution in [0.15, 0.2) is 53.9 Å². The Morgan fingerprint density at radius 2 is 1.57 bits per heavy atom. The van der Waals surface area contributed by atoms with Gasteiger partial charge in [0, 0.05) is 53.2 Å². The number of alkyl carbamates (subject to hydrolysis) is 1. The lowest BCUT2D eigenvalue weighted by Crippen LogP contribution is -2.32. The molecule has 2 aromatic carbocycles. The van der Waals surface area contributed by atoms with Crippen molar-refractivity contribution in [2.75, 3.05) is 32.1 Å². The number of methoxy groups -OCH3 is 1. The predicted octanol–water partition coefficient (Wildman–Crippen LogP) is 6.76. The van der Waals surface area contributed by atoms with Crippen molar-refractivity contribution in [3.8, 4) is 27.3 Å². The van der Waals surface area contributed by atoms with Gasteiger partial charge in [-0.15, -0.1) is 11.3 Å². The summed E-state index contributed by atoms with van der Waals surface area (Å²) in [6, 6.07) is 13.4. The largest absolute Gasteiger partial charge is 0.493 e. The number of carbonyl (C=O) groups is 5. The first-order valence-corrected chi connectivity index (χ1v) is 18.7. The molecule has 284 valence electrons. The second-order valence-electron chi connectivity index (χ2n) is 13.6. The Kier molecular flexibility index (Phi) is 12.7. The van der Waals surface area contributed by atoms with E-state index in [2.05, 4.69) is 26.3 Å². The minimum atomic E-state index is -0.802. The molecule has 0 fully saturated rings. The van der Waals surface area contributed by atoms with Crippen molar-refractivity contribution in [3.05, 3.63) is 87.6 Å². The van der Waals surface area contributed by atoms with Crippen molar-refractivity contribution >= 4 is 46.8 Å². The van der Waals surface area contributed by atoms with Gasteiger partial charge in [0.25, 0.3) is 17.7 Å².